The van der Waals surface area contributed by atoms with Gasteiger partial charge in [0.25, 0.3) is 0 Å². The Morgan fingerprint density at radius 3 is 2.27 bits per heavy atom. The number of nitrogens with two attached hydrogens (primary N) is 1. The maximum Gasteiger partial charge on any atom is 0.405 e. The van der Waals surface area contributed by atoms with Gasteiger partial charge in [-0.25, -0.2) is 13.2 Å². The average Bonchev–Trinajstić information content (AvgIpc) is 2.41. The SMILES string of the molecule is CC(C)(C)C(OC(N)=O)S(=O)(=O)c1ccc(C#CCBr)cc1. The van der Waals surface area contributed by atoms with E-state index < -0.39 is 26.8 Å². The maximum absolute atomic E-state index is 12.7. The third-order valence-corrected chi connectivity index (χ3v) is 5.27. The summed E-state index contributed by atoms with van der Waals surface area (Å²) in [6, 6.07) is 6.09. The molecule has 1 amide bonds. The number of carbonyl (C=O) groups excluding carboxylic acids is 1. The van der Waals surface area contributed by atoms with Crippen LogP contribution in [0.1, 0.15) is 26.3 Å². The number of amides is 1. The number of primary amides is 1. The Balaban J connectivity index is 3.23. The summed E-state index contributed by atoms with van der Waals surface area (Å²) in [6.07, 6.45) is -1.12. The zero-order valence-electron chi connectivity index (χ0n) is 12.6. The Morgan fingerprint density at radius 1 is 1.32 bits per heavy atom. The van der Waals surface area contributed by atoms with Crippen molar-refractivity contribution in [2.75, 3.05) is 5.33 Å². The van der Waals surface area contributed by atoms with E-state index in [1.807, 2.05) is 0 Å². The Labute approximate surface area is 139 Å². The largest absolute Gasteiger partial charge is 0.429 e. The van der Waals surface area contributed by atoms with Crippen molar-refractivity contribution in [2.45, 2.75) is 31.1 Å². The second kappa shape index (κ2) is 7.16. The molecule has 0 bridgehead atoms. The van der Waals surface area contributed by atoms with Crippen molar-refractivity contribution >= 4 is 31.9 Å². The normalized spacial score (nSPS) is 12.9. The fourth-order valence-electron chi connectivity index (χ4n) is 1.80. The van der Waals surface area contributed by atoms with Gasteiger partial charge in [0.15, 0.2) is 0 Å². The van der Waals surface area contributed by atoms with E-state index in [0.717, 1.165) is 0 Å². The van der Waals surface area contributed by atoms with E-state index in [9.17, 15) is 13.2 Å². The highest BCUT2D eigenvalue weighted by Gasteiger charge is 2.40. The third-order valence-electron chi connectivity index (χ3n) is 2.69. The number of hydrogen-bond donors (Lipinski definition) is 1. The van der Waals surface area contributed by atoms with Crippen molar-refractivity contribution in [3.05, 3.63) is 29.8 Å². The first-order valence-electron chi connectivity index (χ1n) is 6.44. The summed E-state index contributed by atoms with van der Waals surface area (Å²) in [7, 11) is -3.87. The van der Waals surface area contributed by atoms with Crippen molar-refractivity contribution in [1.29, 1.82) is 0 Å². The molecule has 22 heavy (non-hydrogen) atoms. The van der Waals surface area contributed by atoms with Crippen LogP contribution < -0.4 is 5.73 Å². The molecular weight excluding hydrogens is 370 g/mol. The average molecular weight is 388 g/mol. The summed E-state index contributed by atoms with van der Waals surface area (Å²) in [5, 5.41) is 0.533. The van der Waals surface area contributed by atoms with Crippen LogP contribution in [0.25, 0.3) is 0 Å². The van der Waals surface area contributed by atoms with E-state index in [2.05, 4.69) is 27.8 Å². The van der Waals surface area contributed by atoms with Crippen molar-refractivity contribution in [2.24, 2.45) is 11.1 Å². The van der Waals surface area contributed by atoms with Gasteiger partial charge < -0.3 is 10.5 Å². The second-order valence-electron chi connectivity index (χ2n) is 5.64. The minimum absolute atomic E-state index is 0.0538. The molecule has 5 nitrogen and oxygen atoms in total. The lowest BCUT2D eigenvalue weighted by Crippen LogP contribution is -2.40. The van der Waals surface area contributed by atoms with E-state index in [1.54, 1.807) is 32.9 Å². The summed E-state index contributed by atoms with van der Waals surface area (Å²) in [5.74, 6) is 5.69. The first-order chi connectivity index (χ1) is 10.1. The minimum atomic E-state index is -3.87. The number of hydrogen-bond acceptors (Lipinski definition) is 4. The van der Waals surface area contributed by atoms with E-state index in [-0.39, 0.29) is 4.90 Å². The second-order valence-corrected chi connectivity index (χ2v) is 8.19. The molecule has 1 aromatic carbocycles. The highest BCUT2D eigenvalue weighted by Crippen LogP contribution is 2.31. The van der Waals surface area contributed by atoms with Crippen LogP contribution >= 0.6 is 15.9 Å². The van der Waals surface area contributed by atoms with Gasteiger partial charge >= 0.3 is 6.09 Å². The lowest BCUT2D eigenvalue weighted by atomic mass is 9.98. The molecule has 0 aliphatic carbocycles. The van der Waals surface area contributed by atoms with Crippen molar-refractivity contribution < 1.29 is 17.9 Å². The monoisotopic (exact) mass is 387 g/mol. The van der Waals surface area contributed by atoms with Gasteiger partial charge in [-0.2, -0.15) is 0 Å². The Morgan fingerprint density at radius 2 is 1.86 bits per heavy atom. The lowest BCUT2D eigenvalue weighted by molar-refractivity contribution is 0.0868. The number of alkyl halides is 1. The molecule has 0 heterocycles. The quantitative estimate of drug-likeness (QED) is 0.637. The predicted octanol–water partition coefficient (Wildman–Crippen LogP) is 2.67. The number of halogens is 1. The first-order valence-corrected chi connectivity index (χ1v) is 9.10. The van der Waals surface area contributed by atoms with E-state index in [1.165, 1.54) is 12.1 Å². The third kappa shape index (κ3) is 4.75. The summed E-state index contributed by atoms with van der Waals surface area (Å²) in [5.41, 5.74) is 3.51. The van der Waals surface area contributed by atoms with Gasteiger partial charge in [-0.1, -0.05) is 48.5 Å². The molecule has 0 saturated heterocycles. The van der Waals surface area contributed by atoms with Gasteiger partial charge in [0, 0.05) is 11.0 Å². The highest BCUT2D eigenvalue weighted by molar-refractivity contribution is 9.09. The highest BCUT2D eigenvalue weighted by atomic mass is 79.9. The first kappa shape index (κ1) is 18.5. The standard InChI is InChI=1S/C15H18BrNO4S/c1-15(2,3)13(21-14(17)18)22(19,20)12-8-6-11(7-9-12)5-4-10-16/h6-9,13H,10H2,1-3H3,(H2,17,18). The molecule has 1 unspecified atom stereocenters. The van der Waals surface area contributed by atoms with Crippen LogP contribution in [0.5, 0.6) is 0 Å². The van der Waals surface area contributed by atoms with E-state index >= 15 is 0 Å². The number of carbonyl (C=O) groups is 1. The predicted molar refractivity (Wildman–Crippen MR) is 88.2 cm³/mol. The zero-order valence-corrected chi connectivity index (χ0v) is 15.0. The Kier molecular flexibility index (Phi) is 6.03. The van der Waals surface area contributed by atoms with Crippen LogP contribution in [-0.4, -0.2) is 25.3 Å². The Bertz CT molecular complexity index is 694. The van der Waals surface area contributed by atoms with Crippen LogP contribution in [0.4, 0.5) is 4.79 Å². The van der Waals surface area contributed by atoms with Crippen LogP contribution in [0.2, 0.25) is 0 Å². The summed E-state index contributed by atoms with van der Waals surface area (Å²) < 4.78 is 30.2. The van der Waals surface area contributed by atoms with Crippen LogP contribution in [0, 0.1) is 17.3 Å². The topological polar surface area (TPSA) is 86.5 Å². The molecule has 0 fully saturated rings. The molecule has 0 radical (unpaired) electrons. The number of rotatable bonds is 3. The smallest absolute Gasteiger partial charge is 0.405 e. The molecular formula is C15H18BrNO4S. The van der Waals surface area contributed by atoms with Gasteiger partial charge in [0.1, 0.15) is 0 Å². The molecule has 2 N–H and O–H groups in total. The van der Waals surface area contributed by atoms with Crippen molar-refractivity contribution in [3.8, 4) is 11.8 Å². The lowest BCUT2D eigenvalue weighted by Gasteiger charge is -2.29. The summed E-state index contributed by atoms with van der Waals surface area (Å²) in [6.45, 7) is 4.98. The van der Waals surface area contributed by atoms with Crippen molar-refractivity contribution in [1.82, 2.24) is 0 Å². The van der Waals surface area contributed by atoms with Gasteiger partial charge in [0.05, 0.1) is 10.2 Å². The van der Waals surface area contributed by atoms with Gasteiger partial charge in [-0.05, 0) is 24.3 Å². The molecule has 120 valence electrons. The van der Waals surface area contributed by atoms with Crippen LogP contribution in [0.3, 0.4) is 0 Å². The molecule has 0 aliphatic heterocycles. The van der Waals surface area contributed by atoms with E-state index in [4.69, 9.17) is 10.5 Å². The molecule has 1 aromatic rings. The molecule has 1 atom stereocenters. The molecule has 1 rings (SSSR count). The molecule has 0 aliphatic rings. The molecule has 7 heteroatoms. The fourth-order valence-corrected chi connectivity index (χ4v) is 3.85. The number of ether oxygens (including phenoxy) is 1. The molecule has 0 aromatic heterocycles. The summed E-state index contributed by atoms with van der Waals surface area (Å²) in [4.78, 5) is 11.1. The summed E-state index contributed by atoms with van der Waals surface area (Å²) >= 11 is 3.19. The number of sulfone groups is 1. The van der Waals surface area contributed by atoms with Crippen LogP contribution in [0.15, 0.2) is 29.2 Å². The van der Waals surface area contributed by atoms with Crippen molar-refractivity contribution in [3.63, 3.8) is 0 Å². The van der Waals surface area contributed by atoms with Crippen LogP contribution in [-0.2, 0) is 14.6 Å². The zero-order chi connectivity index (χ0) is 17.0. The maximum atomic E-state index is 12.7. The minimum Gasteiger partial charge on any atom is -0.429 e. The Hall–Kier alpha value is -1.52. The van der Waals surface area contributed by atoms with E-state index in [0.29, 0.717) is 10.9 Å². The molecule has 0 spiro atoms. The molecule has 0 saturated carbocycles. The fraction of sp³-hybridized carbons (Fsp3) is 0.400. The van der Waals surface area contributed by atoms with Gasteiger partial charge in [-0.3, -0.25) is 0 Å². The van der Waals surface area contributed by atoms with Gasteiger partial charge in [0.2, 0.25) is 15.3 Å². The van der Waals surface area contributed by atoms with Gasteiger partial charge in [-0.15, -0.1) is 0 Å². The number of benzene rings is 1.